The Morgan fingerprint density at radius 1 is 0.889 bits per heavy atom. The molecule has 0 aliphatic carbocycles. The van der Waals surface area contributed by atoms with E-state index in [9.17, 15) is 8.42 Å². The maximum Gasteiger partial charge on any atom is 0.226 e. The summed E-state index contributed by atoms with van der Waals surface area (Å²) >= 11 is 0. The first-order chi connectivity index (χ1) is 17.4. The Morgan fingerprint density at radius 3 is 2.56 bits per heavy atom. The molecule has 36 heavy (non-hydrogen) atoms. The van der Waals surface area contributed by atoms with Crippen LogP contribution in [0.4, 0.5) is 5.95 Å². The van der Waals surface area contributed by atoms with Crippen molar-refractivity contribution < 1.29 is 13.2 Å². The first-order valence-electron chi connectivity index (χ1n) is 12.2. The lowest BCUT2D eigenvalue weighted by Gasteiger charge is -2.29. The van der Waals surface area contributed by atoms with Crippen molar-refractivity contribution in [2.45, 2.75) is 32.5 Å². The SMILES string of the molecule is CS(=O)(=O)N1CCc2cc(OCc3ccc4c(c3)CCN(c3ncc5ccccc5n3)C4)ccc2C1. The minimum absolute atomic E-state index is 0.431. The highest BCUT2D eigenvalue weighted by molar-refractivity contribution is 7.88. The molecule has 3 aromatic carbocycles. The quantitative estimate of drug-likeness (QED) is 0.411. The van der Waals surface area contributed by atoms with Gasteiger partial charge in [0, 0.05) is 37.8 Å². The van der Waals surface area contributed by atoms with Crippen LogP contribution in [0.3, 0.4) is 0 Å². The summed E-state index contributed by atoms with van der Waals surface area (Å²) in [4.78, 5) is 11.6. The van der Waals surface area contributed by atoms with Gasteiger partial charge in [0.25, 0.3) is 0 Å². The second kappa shape index (κ2) is 9.19. The zero-order valence-electron chi connectivity index (χ0n) is 20.2. The van der Waals surface area contributed by atoms with E-state index in [0.717, 1.165) is 58.8 Å². The van der Waals surface area contributed by atoms with Gasteiger partial charge in [-0.1, -0.05) is 42.5 Å². The first kappa shape index (κ1) is 22.9. The molecule has 1 aromatic heterocycles. The number of fused-ring (bicyclic) bond motifs is 3. The number of sulfonamides is 1. The van der Waals surface area contributed by atoms with Crippen molar-refractivity contribution in [3.63, 3.8) is 0 Å². The molecule has 2 aliphatic heterocycles. The molecule has 0 unspecified atom stereocenters. The van der Waals surface area contributed by atoms with Gasteiger partial charge < -0.3 is 9.64 Å². The largest absolute Gasteiger partial charge is 0.489 e. The molecule has 6 rings (SSSR count). The van der Waals surface area contributed by atoms with Crippen LogP contribution in [0, 0.1) is 0 Å². The van der Waals surface area contributed by atoms with Gasteiger partial charge in [0.05, 0.1) is 11.8 Å². The van der Waals surface area contributed by atoms with Gasteiger partial charge in [0.1, 0.15) is 12.4 Å². The maximum atomic E-state index is 11.9. The van der Waals surface area contributed by atoms with E-state index in [1.165, 1.54) is 21.7 Å². The van der Waals surface area contributed by atoms with Crippen molar-refractivity contribution in [3.8, 4) is 5.75 Å². The van der Waals surface area contributed by atoms with Crippen LogP contribution in [0.1, 0.15) is 27.8 Å². The molecule has 0 spiro atoms. The Kier molecular flexibility index (Phi) is 5.85. The number of benzene rings is 3. The van der Waals surface area contributed by atoms with Crippen molar-refractivity contribution in [2.24, 2.45) is 0 Å². The molecule has 8 heteroatoms. The van der Waals surface area contributed by atoms with E-state index >= 15 is 0 Å². The third-order valence-corrected chi connectivity index (χ3v) is 8.32. The van der Waals surface area contributed by atoms with E-state index in [2.05, 4.69) is 34.1 Å². The average Bonchev–Trinajstić information content (AvgIpc) is 2.90. The van der Waals surface area contributed by atoms with Crippen molar-refractivity contribution in [3.05, 3.63) is 94.7 Å². The van der Waals surface area contributed by atoms with Crippen LogP contribution in [0.2, 0.25) is 0 Å². The van der Waals surface area contributed by atoms with Crippen LogP contribution >= 0.6 is 0 Å². The summed E-state index contributed by atoms with van der Waals surface area (Å²) < 4.78 is 31.3. The van der Waals surface area contributed by atoms with E-state index in [0.29, 0.717) is 26.1 Å². The minimum Gasteiger partial charge on any atom is -0.489 e. The lowest BCUT2D eigenvalue weighted by Crippen LogP contribution is -2.35. The van der Waals surface area contributed by atoms with Gasteiger partial charge >= 0.3 is 0 Å². The smallest absolute Gasteiger partial charge is 0.226 e. The van der Waals surface area contributed by atoms with Crippen molar-refractivity contribution in [2.75, 3.05) is 24.2 Å². The summed E-state index contributed by atoms with van der Waals surface area (Å²) in [6.07, 6.45) is 4.81. The van der Waals surface area contributed by atoms with Crippen molar-refractivity contribution in [1.29, 1.82) is 0 Å². The molecular weight excluding hydrogens is 472 g/mol. The van der Waals surface area contributed by atoms with Gasteiger partial charge in [-0.05, 0) is 58.9 Å². The Morgan fingerprint density at radius 2 is 1.67 bits per heavy atom. The highest BCUT2D eigenvalue weighted by Crippen LogP contribution is 2.27. The van der Waals surface area contributed by atoms with Crippen molar-refractivity contribution >= 4 is 26.9 Å². The number of hydrogen-bond acceptors (Lipinski definition) is 6. The molecule has 7 nitrogen and oxygen atoms in total. The van der Waals surface area contributed by atoms with E-state index < -0.39 is 10.0 Å². The second-order valence-corrected chi connectivity index (χ2v) is 11.6. The van der Waals surface area contributed by atoms with Crippen LogP contribution < -0.4 is 9.64 Å². The number of rotatable bonds is 5. The standard InChI is InChI=1S/C28H28N4O3S/c1-36(33,34)32-13-11-22-15-26(9-8-25(22)18-32)35-19-20-6-7-24-17-31(12-10-21(24)14-20)28-29-16-23-4-2-3-5-27(23)30-28/h2-9,14-16H,10-13,17-19H2,1H3. The Bertz CT molecular complexity index is 1550. The topological polar surface area (TPSA) is 75.6 Å². The number of nitrogens with zero attached hydrogens (tertiary/aromatic N) is 4. The van der Waals surface area contributed by atoms with Gasteiger partial charge in [-0.25, -0.2) is 18.4 Å². The number of anilines is 1. The minimum atomic E-state index is -3.17. The molecule has 0 saturated carbocycles. The number of aromatic nitrogens is 2. The summed E-state index contributed by atoms with van der Waals surface area (Å²) in [6, 6.07) is 20.6. The molecule has 0 atom stereocenters. The summed E-state index contributed by atoms with van der Waals surface area (Å²) in [5, 5.41) is 1.05. The Hall–Kier alpha value is -3.49. The number of hydrogen-bond donors (Lipinski definition) is 0. The molecule has 184 valence electrons. The predicted molar refractivity (Wildman–Crippen MR) is 140 cm³/mol. The van der Waals surface area contributed by atoms with Gasteiger partial charge in [-0.15, -0.1) is 0 Å². The van der Waals surface area contributed by atoms with E-state index in [-0.39, 0.29) is 0 Å². The molecule has 0 N–H and O–H groups in total. The van der Waals surface area contributed by atoms with E-state index in [1.54, 1.807) is 0 Å². The molecule has 2 aliphatic rings. The van der Waals surface area contributed by atoms with Crippen LogP contribution in [-0.2, 0) is 42.6 Å². The van der Waals surface area contributed by atoms with Gasteiger partial charge in [0.2, 0.25) is 16.0 Å². The molecular formula is C28H28N4O3S. The monoisotopic (exact) mass is 500 g/mol. The Labute approximate surface area is 211 Å². The average molecular weight is 501 g/mol. The van der Waals surface area contributed by atoms with Crippen molar-refractivity contribution in [1.82, 2.24) is 14.3 Å². The van der Waals surface area contributed by atoms with Gasteiger partial charge in [0.15, 0.2) is 0 Å². The predicted octanol–water partition coefficient (Wildman–Crippen LogP) is 4.09. The van der Waals surface area contributed by atoms with Crippen LogP contribution in [-0.4, -0.2) is 42.0 Å². The number of para-hydroxylation sites is 1. The fourth-order valence-corrected chi connectivity index (χ4v) is 5.82. The zero-order valence-corrected chi connectivity index (χ0v) is 21.0. The third-order valence-electron chi connectivity index (χ3n) is 7.07. The van der Waals surface area contributed by atoms with Crippen LogP contribution in [0.5, 0.6) is 5.75 Å². The second-order valence-electron chi connectivity index (χ2n) is 9.57. The third kappa shape index (κ3) is 4.66. The zero-order chi connectivity index (χ0) is 24.7. The first-order valence-corrected chi connectivity index (χ1v) is 14.0. The van der Waals surface area contributed by atoms with Crippen LogP contribution in [0.15, 0.2) is 66.9 Å². The summed E-state index contributed by atoms with van der Waals surface area (Å²) in [6.45, 7) is 3.12. The summed E-state index contributed by atoms with van der Waals surface area (Å²) in [5.41, 5.74) is 6.97. The lowest BCUT2D eigenvalue weighted by molar-refractivity contribution is 0.304. The lowest BCUT2D eigenvalue weighted by atomic mass is 9.97. The fourth-order valence-electron chi connectivity index (χ4n) is 5.02. The van der Waals surface area contributed by atoms with Gasteiger partial charge in [-0.3, -0.25) is 0 Å². The molecule has 0 radical (unpaired) electrons. The van der Waals surface area contributed by atoms with E-state index in [4.69, 9.17) is 9.72 Å². The molecule has 0 bridgehead atoms. The summed E-state index contributed by atoms with van der Waals surface area (Å²) in [5.74, 6) is 1.60. The molecule has 4 aromatic rings. The fraction of sp³-hybridized carbons (Fsp3) is 0.286. The molecule has 0 saturated heterocycles. The number of ether oxygens (including phenoxy) is 1. The highest BCUT2D eigenvalue weighted by Gasteiger charge is 2.23. The van der Waals surface area contributed by atoms with E-state index in [1.807, 2.05) is 42.6 Å². The Balaban J connectivity index is 1.11. The van der Waals surface area contributed by atoms with Crippen LogP contribution in [0.25, 0.3) is 10.9 Å². The summed E-state index contributed by atoms with van der Waals surface area (Å²) in [7, 11) is -3.17. The normalized spacial score (nSPS) is 16.0. The molecule has 0 fully saturated rings. The maximum absolute atomic E-state index is 11.9. The van der Waals surface area contributed by atoms with Gasteiger partial charge in [-0.2, -0.15) is 4.31 Å². The molecule has 3 heterocycles. The molecule has 0 amide bonds. The highest BCUT2D eigenvalue weighted by atomic mass is 32.2.